The lowest BCUT2D eigenvalue weighted by atomic mass is 10.1. The van der Waals surface area contributed by atoms with Gasteiger partial charge in [-0.25, -0.2) is 9.97 Å². The van der Waals surface area contributed by atoms with Crippen LogP contribution in [0.3, 0.4) is 0 Å². The molecule has 4 rings (SSSR count). The minimum Gasteiger partial charge on any atom is -0.496 e. The number of benzene rings is 2. The normalized spacial score (nSPS) is 13.3. The molecule has 2 aromatic carbocycles. The molecule has 0 spiro atoms. The monoisotopic (exact) mass is 431 g/mol. The first kappa shape index (κ1) is 21.3. The second-order valence-electron chi connectivity index (χ2n) is 7.15. The number of methoxy groups -OCH3 is 1. The Balaban J connectivity index is 1.58. The number of morpholine rings is 1. The lowest BCUT2D eigenvalue weighted by Crippen LogP contribution is -2.36. The average Bonchev–Trinajstić information content (AvgIpc) is 2.85. The summed E-state index contributed by atoms with van der Waals surface area (Å²) in [6, 6.07) is 15.3. The molecule has 0 radical (unpaired) electrons. The molecule has 1 fully saturated rings. The van der Waals surface area contributed by atoms with Gasteiger partial charge in [-0.05, 0) is 48.5 Å². The number of carbonyl (C=O) groups excluding carboxylic acids is 1. The Morgan fingerprint density at radius 1 is 1.16 bits per heavy atom. The van der Waals surface area contributed by atoms with Crippen LogP contribution < -0.4 is 20.3 Å². The Kier molecular flexibility index (Phi) is 6.62. The van der Waals surface area contributed by atoms with Crippen LogP contribution in [0.5, 0.6) is 5.75 Å². The first-order valence-corrected chi connectivity index (χ1v) is 10.3. The van der Waals surface area contributed by atoms with E-state index in [1.807, 2.05) is 18.2 Å². The number of rotatable bonds is 7. The maximum absolute atomic E-state index is 11.7. The Labute approximate surface area is 186 Å². The van der Waals surface area contributed by atoms with Crippen LogP contribution in [0.4, 0.5) is 23.0 Å². The van der Waals surface area contributed by atoms with Crippen molar-refractivity contribution in [1.29, 1.82) is 0 Å². The molecule has 8 heteroatoms. The fourth-order valence-corrected chi connectivity index (χ4v) is 3.48. The van der Waals surface area contributed by atoms with Crippen LogP contribution in [0.15, 0.2) is 67.4 Å². The summed E-state index contributed by atoms with van der Waals surface area (Å²) in [6.07, 6.45) is 2.91. The molecule has 2 N–H and O–H groups in total. The third-order valence-electron chi connectivity index (χ3n) is 5.06. The fraction of sp³-hybridized carbons (Fsp3) is 0.208. The van der Waals surface area contributed by atoms with Crippen molar-refractivity contribution in [1.82, 2.24) is 9.97 Å². The van der Waals surface area contributed by atoms with Gasteiger partial charge in [0, 0.05) is 41.9 Å². The van der Waals surface area contributed by atoms with Crippen molar-refractivity contribution in [3.8, 4) is 17.0 Å². The van der Waals surface area contributed by atoms with Crippen molar-refractivity contribution < 1.29 is 14.3 Å². The summed E-state index contributed by atoms with van der Waals surface area (Å²) >= 11 is 0. The fourth-order valence-electron chi connectivity index (χ4n) is 3.48. The highest BCUT2D eigenvalue weighted by Crippen LogP contribution is 2.32. The van der Waals surface area contributed by atoms with Crippen molar-refractivity contribution in [2.75, 3.05) is 48.9 Å². The summed E-state index contributed by atoms with van der Waals surface area (Å²) in [5, 5.41) is 6.04. The van der Waals surface area contributed by atoms with Gasteiger partial charge in [0.1, 0.15) is 5.75 Å². The zero-order chi connectivity index (χ0) is 22.3. The Bertz CT molecular complexity index is 1110. The molecule has 0 unspecified atom stereocenters. The summed E-state index contributed by atoms with van der Waals surface area (Å²) < 4.78 is 10.9. The molecule has 1 aromatic heterocycles. The molecule has 1 saturated heterocycles. The average molecular weight is 431 g/mol. The number of nitrogens with zero attached hydrogens (tertiary/aromatic N) is 3. The van der Waals surface area contributed by atoms with Gasteiger partial charge in [-0.3, -0.25) is 4.79 Å². The molecule has 1 aliphatic rings. The lowest BCUT2D eigenvalue weighted by Gasteiger charge is -2.29. The minimum atomic E-state index is -0.286. The van der Waals surface area contributed by atoms with Gasteiger partial charge in [-0.15, -0.1) is 0 Å². The highest BCUT2D eigenvalue weighted by molar-refractivity contribution is 5.99. The Morgan fingerprint density at radius 3 is 2.78 bits per heavy atom. The molecule has 3 aromatic rings. The summed E-state index contributed by atoms with van der Waals surface area (Å²) in [4.78, 5) is 23.0. The van der Waals surface area contributed by atoms with Gasteiger partial charge < -0.3 is 25.0 Å². The molecule has 1 aliphatic heterocycles. The Morgan fingerprint density at radius 2 is 2.00 bits per heavy atom. The van der Waals surface area contributed by atoms with Gasteiger partial charge in [0.15, 0.2) is 0 Å². The smallest absolute Gasteiger partial charge is 0.247 e. The first-order chi connectivity index (χ1) is 15.7. The van der Waals surface area contributed by atoms with Crippen molar-refractivity contribution in [2.24, 2.45) is 0 Å². The zero-order valence-corrected chi connectivity index (χ0v) is 17.9. The summed E-state index contributed by atoms with van der Waals surface area (Å²) in [7, 11) is 1.60. The number of hydrogen-bond donors (Lipinski definition) is 2. The molecular formula is C24H25N5O3. The second kappa shape index (κ2) is 9.93. The van der Waals surface area contributed by atoms with Crippen LogP contribution in [0.2, 0.25) is 0 Å². The quantitative estimate of drug-likeness (QED) is 0.549. The van der Waals surface area contributed by atoms with E-state index in [9.17, 15) is 4.79 Å². The van der Waals surface area contributed by atoms with E-state index in [4.69, 9.17) is 9.47 Å². The van der Waals surface area contributed by atoms with E-state index in [0.29, 0.717) is 23.1 Å². The highest BCUT2D eigenvalue weighted by atomic mass is 16.5. The minimum absolute atomic E-state index is 0.286. The summed E-state index contributed by atoms with van der Waals surface area (Å²) in [5.74, 6) is 0.816. The highest BCUT2D eigenvalue weighted by Gasteiger charge is 2.13. The largest absolute Gasteiger partial charge is 0.496 e. The van der Waals surface area contributed by atoms with Crippen LogP contribution >= 0.6 is 0 Å². The Hall–Kier alpha value is -3.91. The van der Waals surface area contributed by atoms with Gasteiger partial charge in [-0.1, -0.05) is 12.6 Å². The van der Waals surface area contributed by atoms with Crippen LogP contribution in [0, 0.1) is 0 Å². The summed E-state index contributed by atoms with van der Waals surface area (Å²) in [5.41, 5.74) is 4.05. The number of amides is 1. The summed E-state index contributed by atoms with van der Waals surface area (Å²) in [6.45, 7) is 6.69. The maximum atomic E-state index is 11.7. The number of ether oxygens (including phenoxy) is 2. The standard InChI is InChI=1S/C24H25N5O3/c1-3-23(30)26-18-7-8-22(31-2)20(16-18)21-9-10-25-24(28-21)27-17-5-4-6-19(15-17)29-11-13-32-14-12-29/h3-10,15-16H,1,11-14H2,2H3,(H,26,30)(H,25,27,28). The van der Waals surface area contributed by atoms with E-state index in [0.717, 1.165) is 43.2 Å². The van der Waals surface area contributed by atoms with Crippen molar-refractivity contribution >= 4 is 28.9 Å². The molecule has 32 heavy (non-hydrogen) atoms. The lowest BCUT2D eigenvalue weighted by molar-refractivity contribution is -0.111. The molecule has 0 bridgehead atoms. The van der Waals surface area contributed by atoms with Crippen molar-refractivity contribution in [2.45, 2.75) is 0 Å². The van der Waals surface area contributed by atoms with Crippen LogP contribution in [-0.4, -0.2) is 49.3 Å². The van der Waals surface area contributed by atoms with E-state index >= 15 is 0 Å². The molecule has 2 heterocycles. The molecule has 1 amide bonds. The zero-order valence-electron chi connectivity index (χ0n) is 17.9. The SMILES string of the molecule is C=CC(=O)Nc1ccc(OC)c(-c2ccnc(Nc3cccc(N4CCOCC4)c3)n2)c1. The molecule has 164 valence electrons. The van der Waals surface area contributed by atoms with Gasteiger partial charge in [-0.2, -0.15) is 0 Å². The van der Waals surface area contributed by atoms with Crippen molar-refractivity contribution in [3.63, 3.8) is 0 Å². The number of anilines is 4. The van der Waals surface area contributed by atoms with E-state index in [1.54, 1.807) is 31.5 Å². The van der Waals surface area contributed by atoms with Gasteiger partial charge in [0.25, 0.3) is 0 Å². The molecule has 0 aliphatic carbocycles. The third-order valence-corrected chi connectivity index (χ3v) is 5.06. The number of carbonyl (C=O) groups is 1. The number of nitrogens with one attached hydrogen (secondary N) is 2. The predicted octanol–water partition coefficient (Wildman–Crippen LogP) is 3.86. The van der Waals surface area contributed by atoms with Gasteiger partial charge in [0.05, 0.1) is 26.0 Å². The number of aromatic nitrogens is 2. The van der Waals surface area contributed by atoms with Crippen molar-refractivity contribution in [3.05, 3.63) is 67.4 Å². The van der Waals surface area contributed by atoms with Gasteiger partial charge in [0.2, 0.25) is 11.9 Å². The molecule has 0 atom stereocenters. The first-order valence-electron chi connectivity index (χ1n) is 10.3. The third kappa shape index (κ3) is 5.04. The molecule has 0 saturated carbocycles. The number of hydrogen-bond acceptors (Lipinski definition) is 7. The van der Waals surface area contributed by atoms with E-state index in [1.165, 1.54) is 6.08 Å². The van der Waals surface area contributed by atoms with E-state index in [-0.39, 0.29) is 5.91 Å². The predicted molar refractivity (Wildman–Crippen MR) is 126 cm³/mol. The van der Waals surface area contributed by atoms with Crippen LogP contribution in [0.1, 0.15) is 0 Å². The van der Waals surface area contributed by atoms with E-state index < -0.39 is 0 Å². The van der Waals surface area contributed by atoms with Crippen LogP contribution in [-0.2, 0) is 9.53 Å². The van der Waals surface area contributed by atoms with E-state index in [2.05, 4.69) is 44.2 Å². The maximum Gasteiger partial charge on any atom is 0.247 e. The second-order valence-corrected chi connectivity index (χ2v) is 7.15. The van der Waals surface area contributed by atoms with Crippen LogP contribution in [0.25, 0.3) is 11.3 Å². The molecular weight excluding hydrogens is 406 g/mol. The molecule has 8 nitrogen and oxygen atoms in total. The van der Waals surface area contributed by atoms with Gasteiger partial charge >= 0.3 is 0 Å². The topological polar surface area (TPSA) is 88.6 Å².